The molecule has 0 aliphatic carbocycles. The molecule has 5 heteroatoms. The van der Waals surface area contributed by atoms with Crippen molar-refractivity contribution in [3.63, 3.8) is 0 Å². The summed E-state index contributed by atoms with van der Waals surface area (Å²) in [6, 6.07) is 0. The van der Waals surface area contributed by atoms with Crippen molar-refractivity contribution >= 4 is 0 Å². The fraction of sp³-hybridized carbons (Fsp3) is 0.800. The summed E-state index contributed by atoms with van der Waals surface area (Å²) in [6.45, 7) is 7.81. The van der Waals surface area contributed by atoms with Crippen LogP contribution in [0.15, 0.2) is 11.1 Å². The van der Waals surface area contributed by atoms with Gasteiger partial charge in [-0.2, -0.15) is 5.10 Å². The Morgan fingerprint density at radius 1 is 1.53 bits per heavy atom. The minimum Gasteiger partial charge on any atom is -0.310 e. The Bertz CT molecular complexity index is 364. The van der Waals surface area contributed by atoms with Crippen molar-refractivity contribution in [3.05, 3.63) is 16.8 Å². The summed E-state index contributed by atoms with van der Waals surface area (Å²) in [4.78, 5) is 11.4. The van der Waals surface area contributed by atoms with Gasteiger partial charge in [-0.25, -0.2) is 9.48 Å². The molecule has 0 unspecified atom stereocenters. The van der Waals surface area contributed by atoms with E-state index in [0.29, 0.717) is 6.54 Å². The fourth-order valence-electron chi connectivity index (χ4n) is 1.20. The summed E-state index contributed by atoms with van der Waals surface area (Å²) in [5.41, 5.74) is 0.0596. The summed E-state index contributed by atoms with van der Waals surface area (Å²) in [6.07, 6.45) is 2.59. The molecule has 1 N–H and O–H groups in total. The predicted octanol–water partition coefficient (Wildman–Crippen LogP) is 0.360. The minimum absolute atomic E-state index is 0.0638. The average molecular weight is 212 g/mol. The van der Waals surface area contributed by atoms with E-state index in [4.69, 9.17) is 0 Å². The molecule has 0 saturated heterocycles. The van der Waals surface area contributed by atoms with Crippen LogP contribution in [0.1, 0.15) is 27.2 Å². The lowest BCUT2D eigenvalue weighted by Crippen LogP contribution is -2.41. The molecule has 1 aromatic heterocycles. The molecule has 0 fully saturated rings. The highest BCUT2D eigenvalue weighted by Crippen LogP contribution is 2.05. The molecular weight excluding hydrogens is 192 g/mol. The van der Waals surface area contributed by atoms with Crippen LogP contribution < -0.4 is 11.0 Å². The van der Waals surface area contributed by atoms with Crippen LogP contribution in [0.3, 0.4) is 0 Å². The van der Waals surface area contributed by atoms with Gasteiger partial charge in [-0.15, -0.1) is 0 Å². The molecule has 0 aliphatic heterocycles. The van der Waals surface area contributed by atoms with Crippen LogP contribution in [-0.2, 0) is 13.6 Å². The van der Waals surface area contributed by atoms with Gasteiger partial charge in [0, 0.05) is 19.1 Å². The van der Waals surface area contributed by atoms with Gasteiger partial charge in [0.1, 0.15) is 6.33 Å². The molecule has 0 bridgehead atoms. The first-order chi connectivity index (χ1) is 6.96. The summed E-state index contributed by atoms with van der Waals surface area (Å²) >= 11 is 0. The smallest absolute Gasteiger partial charge is 0.310 e. The molecule has 5 nitrogen and oxygen atoms in total. The average Bonchev–Trinajstić information content (AvgIpc) is 2.49. The molecule has 15 heavy (non-hydrogen) atoms. The zero-order valence-corrected chi connectivity index (χ0v) is 9.95. The van der Waals surface area contributed by atoms with Crippen molar-refractivity contribution in [2.24, 2.45) is 7.05 Å². The number of hydrogen-bond acceptors (Lipinski definition) is 3. The Balaban J connectivity index is 2.45. The molecule has 0 spiro atoms. The minimum atomic E-state index is -0.0638. The first-order valence-electron chi connectivity index (χ1n) is 5.30. The van der Waals surface area contributed by atoms with E-state index in [2.05, 4.69) is 31.2 Å². The molecule has 0 aromatic carbocycles. The third kappa shape index (κ3) is 3.20. The van der Waals surface area contributed by atoms with E-state index in [1.807, 2.05) is 0 Å². The van der Waals surface area contributed by atoms with Crippen molar-refractivity contribution in [1.29, 1.82) is 0 Å². The monoisotopic (exact) mass is 212 g/mol. The van der Waals surface area contributed by atoms with Crippen LogP contribution in [0.25, 0.3) is 0 Å². The maximum atomic E-state index is 11.4. The summed E-state index contributed by atoms with van der Waals surface area (Å²) in [5.74, 6) is 0. The lowest BCUT2D eigenvalue weighted by atomic mass is 10.0. The van der Waals surface area contributed by atoms with E-state index in [0.717, 1.165) is 13.0 Å². The summed E-state index contributed by atoms with van der Waals surface area (Å²) in [7, 11) is 1.70. The van der Waals surface area contributed by atoms with Crippen molar-refractivity contribution in [3.8, 4) is 0 Å². The maximum Gasteiger partial charge on any atom is 0.345 e. The van der Waals surface area contributed by atoms with E-state index < -0.39 is 0 Å². The van der Waals surface area contributed by atoms with E-state index in [1.54, 1.807) is 7.05 Å². The van der Waals surface area contributed by atoms with Gasteiger partial charge < -0.3 is 5.32 Å². The second-order valence-corrected chi connectivity index (χ2v) is 4.41. The van der Waals surface area contributed by atoms with Crippen molar-refractivity contribution in [2.45, 2.75) is 39.3 Å². The van der Waals surface area contributed by atoms with Gasteiger partial charge in [0.2, 0.25) is 0 Å². The highest BCUT2D eigenvalue weighted by molar-refractivity contribution is 4.75. The topological polar surface area (TPSA) is 51.9 Å². The lowest BCUT2D eigenvalue weighted by molar-refractivity contribution is 0.361. The number of nitrogens with one attached hydrogen (secondary N) is 1. The molecule has 0 atom stereocenters. The largest absolute Gasteiger partial charge is 0.345 e. The molecule has 86 valence electrons. The van der Waals surface area contributed by atoms with E-state index >= 15 is 0 Å². The maximum absolute atomic E-state index is 11.4. The molecule has 0 saturated carbocycles. The highest BCUT2D eigenvalue weighted by atomic mass is 16.2. The van der Waals surface area contributed by atoms with Crippen LogP contribution >= 0.6 is 0 Å². The zero-order chi connectivity index (χ0) is 11.5. The fourth-order valence-corrected chi connectivity index (χ4v) is 1.20. The molecular formula is C10H20N4O. The van der Waals surface area contributed by atoms with Gasteiger partial charge in [0.05, 0.1) is 6.54 Å². The Labute approximate surface area is 90.1 Å². The molecule has 1 aromatic rings. The standard InChI is InChI=1S/C10H20N4O/c1-5-10(2,3)11-6-7-14-9(15)13(4)8-12-14/h8,11H,5-7H2,1-4H3. The number of aryl methyl sites for hydroxylation is 1. The molecule has 1 heterocycles. The van der Waals surface area contributed by atoms with Crippen LogP contribution in [0.4, 0.5) is 0 Å². The Kier molecular flexibility index (Phi) is 3.68. The van der Waals surface area contributed by atoms with Crippen molar-refractivity contribution in [1.82, 2.24) is 19.7 Å². The molecule has 0 radical (unpaired) electrons. The van der Waals surface area contributed by atoms with Crippen LogP contribution in [0.2, 0.25) is 0 Å². The van der Waals surface area contributed by atoms with Crippen LogP contribution in [0, 0.1) is 0 Å². The van der Waals surface area contributed by atoms with E-state index in [-0.39, 0.29) is 11.2 Å². The first kappa shape index (κ1) is 12.0. The van der Waals surface area contributed by atoms with E-state index in [9.17, 15) is 4.79 Å². The van der Waals surface area contributed by atoms with Gasteiger partial charge in [-0.3, -0.25) is 4.57 Å². The molecule has 0 amide bonds. The number of rotatable bonds is 5. The highest BCUT2D eigenvalue weighted by Gasteiger charge is 2.13. The van der Waals surface area contributed by atoms with Gasteiger partial charge in [-0.1, -0.05) is 6.92 Å². The van der Waals surface area contributed by atoms with Crippen molar-refractivity contribution < 1.29 is 0 Å². The van der Waals surface area contributed by atoms with Gasteiger partial charge in [0.25, 0.3) is 0 Å². The number of nitrogens with zero attached hydrogens (tertiary/aromatic N) is 3. The normalized spacial score (nSPS) is 12.0. The Morgan fingerprint density at radius 2 is 2.20 bits per heavy atom. The van der Waals surface area contributed by atoms with Gasteiger partial charge in [-0.05, 0) is 20.3 Å². The number of aromatic nitrogens is 3. The second-order valence-electron chi connectivity index (χ2n) is 4.41. The SMILES string of the molecule is CCC(C)(C)NCCn1ncn(C)c1=O. The number of hydrogen-bond donors (Lipinski definition) is 1. The molecule has 1 rings (SSSR count). The summed E-state index contributed by atoms with van der Waals surface area (Å²) in [5, 5.41) is 7.37. The lowest BCUT2D eigenvalue weighted by Gasteiger charge is -2.24. The van der Waals surface area contributed by atoms with Gasteiger partial charge >= 0.3 is 5.69 Å². The third-order valence-corrected chi connectivity index (χ3v) is 2.70. The second kappa shape index (κ2) is 4.61. The molecule has 0 aliphatic rings. The first-order valence-corrected chi connectivity index (χ1v) is 5.30. The predicted molar refractivity (Wildman–Crippen MR) is 59.8 cm³/mol. The van der Waals surface area contributed by atoms with E-state index in [1.165, 1.54) is 15.6 Å². The Morgan fingerprint density at radius 3 is 2.67 bits per heavy atom. The van der Waals surface area contributed by atoms with Crippen molar-refractivity contribution in [2.75, 3.05) is 6.54 Å². The van der Waals surface area contributed by atoms with Crippen LogP contribution in [-0.4, -0.2) is 26.4 Å². The van der Waals surface area contributed by atoms with Gasteiger partial charge in [0.15, 0.2) is 0 Å². The zero-order valence-electron chi connectivity index (χ0n) is 9.95. The Hall–Kier alpha value is -1.10. The quantitative estimate of drug-likeness (QED) is 0.766. The third-order valence-electron chi connectivity index (χ3n) is 2.70. The van der Waals surface area contributed by atoms with Crippen LogP contribution in [0.5, 0.6) is 0 Å². The summed E-state index contributed by atoms with van der Waals surface area (Å²) < 4.78 is 2.95.